The molecule has 0 aromatic carbocycles. The smallest absolute Gasteiger partial charge is 0.265 e. The quantitative estimate of drug-likeness (QED) is 0.641. The highest BCUT2D eigenvalue weighted by Gasteiger charge is 2.12. The third-order valence-electron chi connectivity index (χ3n) is 3.14. The molecule has 0 atom stereocenters. The Labute approximate surface area is 142 Å². The lowest BCUT2D eigenvalue weighted by Crippen LogP contribution is -2.28. The number of aryl methyl sites for hydroxylation is 2. The Kier molecular flexibility index (Phi) is 4.75. The fraction of sp³-hybridized carbons (Fsp3) is 0.286. The molecule has 1 amide bonds. The Morgan fingerprint density at radius 3 is 2.88 bits per heavy atom. The number of nitrogens with one attached hydrogen (secondary N) is 2. The molecule has 0 saturated heterocycles. The summed E-state index contributed by atoms with van der Waals surface area (Å²) in [5.74, 6) is 1.84. The molecule has 3 aromatic heterocycles. The molecule has 24 heavy (non-hydrogen) atoms. The zero-order valence-corrected chi connectivity index (χ0v) is 14.0. The highest BCUT2D eigenvalue weighted by Crippen LogP contribution is 2.10. The van der Waals surface area contributed by atoms with Crippen LogP contribution in [0, 0.1) is 13.8 Å². The van der Waals surface area contributed by atoms with Gasteiger partial charge in [0, 0.05) is 31.5 Å². The summed E-state index contributed by atoms with van der Waals surface area (Å²) in [6, 6.07) is 3.63. The predicted molar refractivity (Wildman–Crippen MR) is 89.4 cm³/mol. The minimum Gasteiger partial charge on any atom is -0.368 e. The van der Waals surface area contributed by atoms with Crippen LogP contribution < -0.4 is 10.6 Å². The summed E-state index contributed by atoms with van der Waals surface area (Å²) in [5, 5.41) is 14.0. The van der Waals surface area contributed by atoms with Crippen LogP contribution in [0.5, 0.6) is 0 Å². The topological polar surface area (TPSA) is 111 Å². The summed E-state index contributed by atoms with van der Waals surface area (Å²) >= 11 is 1.09. The molecule has 10 heteroatoms. The molecule has 3 aromatic rings. The fourth-order valence-corrected chi connectivity index (χ4v) is 2.62. The molecule has 3 rings (SSSR count). The van der Waals surface area contributed by atoms with Crippen molar-refractivity contribution in [2.24, 2.45) is 0 Å². The van der Waals surface area contributed by atoms with Crippen molar-refractivity contribution in [2.75, 3.05) is 18.4 Å². The standard InChI is InChI=1S/C14H16N8OS/c1-9-13(24-21-20-9)14(23)16-6-5-15-11-8-12(19-10(2)18-11)22-7-3-4-17-22/h3-4,7-8H,5-6H2,1-2H3,(H,16,23)(H,15,18,19). The van der Waals surface area contributed by atoms with Gasteiger partial charge in [0.05, 0.1) is 5.69 Å². The Morgan fingerprint density at radius 2 is 2.17 bits per heavy atom. The minimum atomic E-state index is -0.166. The molecule has 0 aliphatic rings. The van der Waals surface area contributed by atoms with Gasteiger partial charge in [-0.15, -0.1) is 5.10 Å². The van der Waals surface area contributed by atoms with Gasteiger partial charge in [-0.25, -0.2) is 14.6 Å². The number of amides is 1. The number of rotatable bonds is 6. The highest BCUT2D eigenvalue weighted by molar-refractivity contribution is 7.07. The first-order valence-corrected chi connectivity index (χ1v) is 8.07. The van der Waals surface area contributed by atoms with Gasteiger partial charge in [0.15, 0.2) is 5.82 Å². The molecule has 0 aliphatic carbocycles. The molecular weight excluding hydrogens is 328 g/mol. The lowest BCUT2D eigenvalue weighted by Gasteiger charge is -2.09. The van der Waals surface area contributed by atoms with E-state index in [9.17, 15) is 4.79 Å². The number of anilines is 1. The molecule has 0 fully saturated rings. The first-order chi connectivity index (χ1) is 11.6. The van der Waals surface area contributed by atoms with Crippen molar-refractivity contribution < 1.29 is 4.79 Å². The van der Waals surface area contributed by atoms with Crippen LogP contribution in [-0.4, -0.2) is 48.3 Å². The molecule has 9 nitrogen and oxygen atoms in total. The van der Waals surface area contributed by atoms with Gasteiger partial charge in [-0.05, 0) is 31.4 Å². The van der Waals surface area contributed by atoms with E-state index in [1.54, 1.807) is 23.9 Å². The third kappa shape index (κ3) is 3.71. The van der Waals surface area contributed by atoms with E-state index in [0.717, 1.165) is 11.5 Å². The number of hydrogen-bond acceptors (Lipinski definition) is 8. The van der Waals surface area contributed by atoms with Crippen molar-refractivity contribution >= 4 is 23.3 Å². The molecule has 3 heterocycles. The highest BCUT2D eigenvalue weighted by atomic mass is 32.1. The van der Waals surface area contributed by atoms with Crippen LogP contribution in [0.1, 0.15) is 21.2 Å². The number of nitrogens with zero attached hydrogens (tertiary/aromatic N) is 6. The average molecular weight is 344 g/mol. The van der Waals surface area contributed by atoms with Crippen LogP contribution in [0.15, 0.2) is 24.5 Å². The third-order valence-corrected chi connectivity index (χ3v) is 3.96. The van der Waals surface area contributed by atoms with Crippen molar-refractivity contribution in [2.45, 2.75) is 13.8 Å². The van der Waals surface area contributed by atoms with Gasteiger partial charge in [0.2, 0.25) is 0 Å². The van der Waals surface area contributed by atoms with E-state index < -0.39 is 0 Å². The summed E-state index contributed by atoms with van der Waals surface area (Å²) in [4.78, 5) is 21.2. The molecule has 0 aliphatic heterocycles. The van der Waals surface area contributed by atoms with Crippen molar-refractivity contribution in [3.05, 3.63) is 40.9 Å². The van der Waals surface area contributed by atoms with Crippen LogP contribution >= 0.6 is 11.5 Å². The second-order valence-corrected chi connectivity index (χ2v) is 5.73. The van der Waals surface area contributed by atoms with Gasteiger partial charge in [-0.2, -0.15) is 5.10 Å². The maximum absolute atomic E-state index is 12.0. The van der Waals surface area contributed by atoms with Crippen LogP contribution in [0.2, 0.25) is 0 Å². The normalized spacial score (nSPS) is 10.6. The average Bonchev–Trinajstić information content (AvgIpc) is 3.22. The van der Waals surface area contributed by atoms with E-state index in [1.165, 1.54) is 0 Å². The molecule has 0 saturated carbocycles. The Morgan fingerprint density at radius 1 is 1.29 bits per heavy atom. The second-order valence-electron chi connectivity index (χ2n) is 4.98. The maximum atomic E-state index is 12.0. The fourth-order valence-electron chi connectivity index (χ4n) is 2.05. The minimum absolute atomic E-state index is 0.166. The van der Waals surface area contributed by atoms with Crippen LogP contribution in [0.4, 0.5) is 5.82 Å². The summed E-state index contributed by atoms with van der Waals surface area (Å²) in [6.07, 6.45) is 3.51. The number of hydrogen-bond donors (Lipinski definition) is 2. The van der Waals surface area contributed by atoms with Crippen molar-refractivity contribution in [1.29, 1.82) is 0 Å². The Balaban J connectivity index is 1.55. The van der Waals surface area contributed by atoms with Crippen LogP contribution in [0.25, 0.3) is 5.82 Å². The van der Waals surface area contributed by atoms with E-state index in [1.807, 2.05) is 19.2 Å². The van der Waals surface area contributed by atoms with Crippen LogP contribution in [-0.2, 0) is 0 Å². The maximum Gasteiger partial charge on any atom is 0.265 e. The van der Waals surface area contributed by atoms with E-state index >= 15 is 0 Å². The van der Waals surface area contributed by atoms with E-state index in [4.69, 9.17) is 0 Å². The summed E-state index contributed by atoms with van der Waals surface area (Å²) in [7, 11) is 0. The molecule has 2 N–H and O–H groups in total. The van der Waals surface area contributed by atoms with Gasteiger partial charge in [-0.3, -0.25) is 4.79 Å². The molecule has 0 unspecified atom stereocenters. The second kappa shape index (κ2) is 7.13. The summed E-state index contributed by atoms with van der Waals surface area (Å²) in [6.45, 7) is 4.57. The van der Waals surface area contributed by atoms with E-state index in [0.29, 0.717) is 41.1 Å². The number of carbonyl (C=O) groups excluding carboxylic acids is 1. The Bertz CT molecular complexity index is 829. The van der Waals surface area contributed by atoms with Crippen molar-refractivity contribution in [3.63, 3.8) is 0 Å². The first kappa shape index (κ1) is 16.0. The SMILES string of the molecule is Cc1nc(NCCNC(=O)c2snnc2C)cc(-n2cccn2)n1. The van der Waals surface area contributed by atoms with Gasteiger partial charge in [-0.1, -0.05) is 4.49 Å². The lowest BCUT2D eigenvalue weighted by molar-refractivity contribution is 0.0958. The summed E-state index contributed by atoms with van der Waals surface area (Å²) in [5.41, 5.74) is 0.640. The van der Waals surface area contributed by atoms with Gasteiger partial charge in [0.25, 0.3) is 5.91 Å². The lowest BCUT2D eigenvalue weighted by atomic mass is 10.4. The van der Waals surface area contributed by atoms with Gasteiger partial charge in [0.1, 0.15) is 16.5 Å². The number of aromatic nitrogens is 6. The molecule has 0 spiro atoms. The first-order valence-electron chi connectivity index (χ1n) is 7.30. The largest absolute Gasteiger partial charge is 0.368 e. The Hall–Kier alpha value is -2.88. The summed E-state index contributed by atoms with van der Waals surface area (Å²) < 4.78 is 5.42. The molecule has 124 valence electrons. The molecule has 0 radical (unpaired) electrons. The van der Waals surface area contributed by atoms with E-state index in [2.05, 4.69) is 35.3 Å². The van der Waals surface area contributed by atoms with E-state index in [-0.39, 0.29) is 5.91 Å². The predicted octanol–water partition coefficient (Wildman–Crippen LogP) is 0.973. The van der Waals surface area contributed by atoms with Gasteiger partial charge < -0.3 is 10.6 Å². The molecule has 0 bridgehead atoms. The van der Waals surface area contributed by atoms with Crippen molar-refractivity contribution in [3.8, 4) is 5.82 Å². The van der Waals surface area contributed by atoms with Crippen molar-refractivity contribution in [1.82, 2.24) is 34.7 Å². The number of carbonyl (C=O) groups is 1. The van der Waals surface area contributed by atoms with Gasteiger partial charge >= 0.3 is 0 Å². The zero-order chi connectivity index (χ0) is 16.9. The monoisotopic (exact) mass is 344 g/mol. The zero-order valence-electron chi connectivity index (χ0n) is 13.2. The van der Waals surface area contributed by atoms with Crippen LogP contribution in [0.3, 0.4) is 0 Å². The molecular formula is C14H16N8OS.